The Bertz CT molecular complexity index is 845. The average molecular weight is 470 g/mol. The summed E-state index contributed by atoms with van der Waals surface area (Å²) in [5, 5.41) is 64.4. The lowest BCUT2D eigenvalue weighted by Crippen LogP contribution is -2.47. The van der Waals surface area contributed by atoms with Gasteiger partial charge in [-0.1, -0.05) is 0 Å². The molecule has 15 nitrogen and oxygen atoms in total. The van der Waals surface area contributed by atoms with Gasteiger partial charge in [-0.15, -0.1) is 0 Å². The van der Waals surface area contributed by atoms with Crippen LogP contribution in [-0.2, 0) is 38.1 Å². The van der Waals surface area contributed by atoms with E-state index in [0.29, 0.717) is 6.66 Å². The molecule has 174 valence electrons. The first-order valence-corrected chi connectivity index (χ1v) is 10.4. The van der Waals surface area contributed by atoms with Crippen molar-refractivity contribution < 1.29 is 73.9 Å². The van der Waals surface area contributed by atoms with E-state index in [9.17, 15) is 63.7 Å². The minimum absolute atomic E-state index is 0.401. The number of hydrogen-bond donors (Lipinski definition) is 7. The van der Waals surface area contributed by atoms with Crippen molar-refractivity contribution in [3.05, 3.63) is 0 Å². The summed E-state index contributed by atoms with van der Waals surface area (Å²) in [6.45, 7) is 0.401. The van der Waals surface area contributed by atoms with E-state index < -0.39 is 90.8 Å². The standard InChI is InChI=1S/C15H19O15P/c1-31(30,9(14(26)27)5(12(22)23)3-7(18)19)10(15(28)29)8(13(24)25)4(11(20)21)2-6(16)17/h4-5,8-10H,2-3H2,1H3,(H,16,17)(H,18,19)(H,20,21)(H,22,23)(H,24,25)(H,26,27)(H,28,29). The van der Waals surface area contributed by atoms with E-state index >= 15 is 0 Å². The van der Waals surface area contributed by atoms with Crippen molar-refractivity contribution in [2.24, 2.45) is 17.8 Å². The van der Waals surface area contributed by atoms with Crippen molar-refractivity contribution in [2.75, 3.05) is 6.66 Å². The fourth-order valence-corrected chi connectivity index (χ4v) is 6.36. The Balaban J connectivity index is 6.91. The highest BCUT2D eigenvalue weighted by molar-refractivity contribution is 7.66. The van der Waals surface area contributed by atoms with E-state index in [2.05, 4.69) is 0 Å². The molecular weight excluding hydrogens is 451 g/mol. The molecule has 0 heterocycles. The van der Waals surface area contributed by atoms with Gasteiger partial charge in [0.2, 0.25) is 0 Å². The molecule has 31 heavy (non-hydrogen) atoms. The Kier molecular flexibility index (Phi) is 9.34. The summed E-state index contributed by atoms with van der Waals surface area (Å²) in [4.78, 5) is 79.9. The van der Waals surface area contributed by atoms with E-state index in [-0.39, 0.29) is 0 Å². The summed E-state index contributed by atoms with van der Waals surface area (Å²) >= 11 is 0. The monoisotopic (exact) mass is 470 g/mol. The Hall–Kier alpha value is -3.48. The second kappa shape index (κ2) is 10.5. The van der Waals surface area contributed by atoms with Gasteiger partial charge in [-0.2, -0.15) is 0 Å². The van der Waals surface area contributed by atoms with Crippen LogP contribution in [0.4, 0.5) is 0 Å². The van der Waals surface area contributed by atoms with Crippen molar-refractivity contribution in [1.29, 1.82) is 0 Å². The average Bonchev–Trinajstić information content (AvgIpc) is 2.54. The second-order valence-corrected chi connectivity index (χ2v) is 9.80. The zero-order valence-electron chi connectivity index (χ0n) is 15.6. The number of carboxylic acids is 7. The van der Waals surface area contributed by atoms with Gasteiger partial charge in [0.1, 0.15) is 18.5 Å². The molecular formula is C15H19O15P. The molecule has 0 aromatic heterocycles. The van der Waals surface area contributed by atoms with Gasteiger partial charge < -0.3 is 40.3 Å². The molecule has 0 aliphatic rings. The van der Waals surface area contributed by atoms with Crippen LogP contribution in [0.3, 0.4) is 0 Å². The lowest BCUT2D eigenvalue weighted by atomic mass is 9.86. The van der Waals surface area contributed by atoms with Crippen LogP contribution in [0.2, 0.25) is 0 Å². The van der Waals surface area contributed by atoms with Gasteiger partial charge >= 0.3 is 41.8 Å². The Morgan fingerprint density at radius 1 is 0.581 bits per heavy atom. The fourth-order valence-electron chi connectivity index (χ4n) is 3.22. The van der Waals surface area contributed by atoms with Crippen LogP contribution < -0.4 is 0 Å². The second-order valence-electron chi connectivity index (χ2n) is 6.57. The minimum atomic E-state index is -5.12. The van der Waals surface area contributed by atoms with Crippen molar-refractivity contribution in [2.45, 2.75) is 24.2 Å². The third-order valence-electron chi connectivity index (χ3n) is 4.47. The molecule has 6 unspecified atom stereocenters. The lowest BCUT2D eigenvalue weighted by Gasteiger charge is -2.34. The molecule has 0 saturated carbocycles. The minimum Gasteiger partial charge on any atom is -0.481 e. The van der Waals surface area contributed by atoms with Gasteiger partial charge in [-0.25, -0.2) is 0 Å². The quantitative estimate of drug-likeness (QED) is 0.149. The highest BCUT2D eigenvalue weighted by Crippen LogP contribution is 2.58. The molecule has 0 aliphatic carbocycles. The van der Waals surface area contributed by atoms with E-state index in [1.54, 1.807) is 0 Å². The molecule has 6 atom stereocenters. The van der Waals surface area contributed by atoms with Crippen LogP contribution in [0.1, 0.15) is 12.8 Å². The number of carboxylic acid groups (broad SMARTS) is 7. The topological polar surface area (TPSA) is 278 Å². The number of carbonyl (C=O) groups is 7. The van der Waals surface area contributed by atoms with Gasteiger partial charge in [0, 0.05) is 0 Å². The van der Waals surface area contributed by atoms with Gasteiger partial charge in [0.05, 0.1) is 30.6 Å². The fraction of sp³-hybridized carbons (Fsp3) is 0.533. The van der Waals surface area contributed by atoms with Crippen LogP contribution in [0.25, 0.3) is 0 Å². The number of rotatable bonds is 14. The maximum atomic E-state index is 13.4. The molecule has 0 spiro atoms. The van der Waals surface area contributed by atoms with E-state index in [1.165, 1.54) is 0 Å². The summed E-state index contributed by atoms with van der Waals surface area (Å²) in [7, 11) is -5.12. The Morgan fingerprint density at radius 3 is 1.19 bits per heavy atom. The predicted molar refractivity (Wildman–Crippen MR) is 94.3 cm³/mol. The smallest absolute Gasteiger partial charge is 0.314 e. The van der Waals surface area contributed by atoms with Crippen LogP contribution in [0, 0.1) is 17.8 Å². The van der Waals surface area contributed by atoms with Crippen molar-refractivity contribution in [1.82, 2.24) is 0 Å². The number of aliphatic carboxylic acids is 7. The molecule has 0 bridgehead atoms. The van der Waals surface area contributed by atoms with E-state index in [0.717, 1.165) is 0 Å². The molecule has 0 aromatic rings. The maximum absolute atomic E-state index is 13.4. The van der Waals surface area contributed by atoms with Crippen LogP contribution in [-0.4, -0.2) is 95.5 Å². The first-order valence-electron chi connectivity index (χ1n) is 8.11. The summed E-state index contributed by atoms with van der Waals surface area (Å²) in [5.74, 6) is -22.4. The Morgan fingerprint density at radius 2 is 0.935 bits per heavy atom. The molecule has 0 amide bonds. The molecule has 0 rings (SSSR count). The largest absolute Gasteiger partial charge is 0.481 e. The Labute approximate surface area is 172 Å². The van der Waals surface area contributed by atoms with Gasteiger partial charge in [0.25, 0.3) is 0 Å². The van der Waals surface area contributed by atoms with Crippen LogP contribution >= 0.6 is 7.14 Å². The summed E-state index contributed by atoms with van der Waals surface area (Å²) in [6.07, 6.45) is -2.86. The normalized spacial score (nSPS) is 17.7. The van der Waals surface area contributed by atoms with Crippen molar-refractivity contribution in [3.8, 4) is 0 Å². The molecule has 0 saturated heterocycles. The number of hydrogen-bond acceptors (Lipinski definition) is 8. The summed E-state index contributed by atoms with van der Waals surface area (Å²) < 4.78 is 13.4. The van der Waals surface area contributed by atoms with Crippen molar-refractivity contribution in [3.63, 3.8) is 0 Å². The summed E-state index contributed by atoms with van der Waals surface area (Å²) in [5.41, 5.74) is -5.59. The van der Waals surface area contributed by atoms with Gasteiger partial charge in [-0.05, 0) is 6.66 Å². The van der Waals surface area contributed by atoms with E-state index in [4.69, 9.17) is 10.2 Å². The molecule has 0 fully saturated rings. The van der Waals surface area contributed by atoms with Gasteiger partial charge in [0.15, 0.2) is 0 Å². The lowest BCUT2D eigenvalue weighted by molar-refractivity contribution is -0.159. The van der Waals surface area contributed by atoms with Crippen LogP contribution in [0.15, 0.2) is 0 Å². The van der Waals surface area contributed by atoms with Crippen molar-refractivity contribution >= 4 is 48.9 Å². The zero-order valence-corrected chi connectivity index (χ0v) is 16.5. The van der Waals surface area contributed by atoms with Gasteiger partial charge in [-0.3, -0.25) is 33.6 Å². The maximum Gasteiger partial charge on any atom is 0.314 e. The molecule has 0 aromatic carbocycles. The van der Waals surface area contributed by atoms with Crippen LogP contribution in [0.5, 0.6) is 0 Å². The third-order valence-corrected chi connectivity index (χ3v) is 7.81. The predicted octanol–water partition coefficient (Wildman–Crippen LogP) is -1.06. The first kappa shape index (κ1) is 27.5. The molecule has 7 N–H and O–H groups in total. The highest BCUT2D eigenvalue weighted by atomic mass is 31.2. The SMILES string of the molecule is CP(=O)(C(C(=O)O)C(CC(=O)O)C(=O)O)C(C(=O)O)C(C(=O)O)C(CC(=O)O)C(=O)O. The molecule has 0 radical (unpaired) electrons. The molecule has 0 aliphatic heterocycles. The highest BCUT2D eigenvalue weighted by Gasteiger charge is 2.57. The van der Waals surface area contributed by atoms with E-state index in [1.807, 2.05) is 0 Å². The first-order chi connectivity index (χ1) is 14.0. The zero-order chi connectivity index (χ0) is 24.8. The third kappa shape index (κ3) is 6.77. The summed E-state index contributed by atoms with van der Waals surface area (Å²) in [6, 6.07) is 0. The molecule has 16 heteroatoms.